The van der Waals surface area contributed by atoms with E-state index in [-0.39, 0.29) is 0 Å². The fourth-order valence-electron chi connectivity index (χ4n) is 3.33. The standard InChI is InChI=1S/C18H24N2S/c1-3-14-6-4-5-7-17(14)20-16-10-8-15(9-11-16)18-12-21-13(2)19-18/h8-12,14,17,20H,3-7H2,1-2H3. The molecular formula is C18H24N2S. The zero-order valence-corrected chi connectivity index (χ0v) is 13.7. The molecule has 2 atom stereocenters. The summed E-state index contributed by atoms with van der Waals surface area (Å²) in [7, 11) is 0. The molecule has 0 saturated heterocycles. The monoisotopic (exact) mass is 300 g/mol. The predicted molar refractivity (Wildman–Crippen MR) is 91.9 cm³/mol. The van der Waals surface area contributed by atoms with E-state index in [0.29, 0.717) is 6.04 Å². The Morgan fingerprint density at radius 3 is 2.62 bits per heavy atom. The SMILES string of the molecule is CCC1CCCCC1Nc1ccc(-c2csc(C)n2)cc1. The Hall–Kier alpha value is -1.35. The van der Waals surface area contributed by atoms with Gasteiger partial charge in [-0.15, -0.1) is 11.3 Å². The molecule has 1 aromatic heterocycles. The molecule has 1 N–H and O–H groups in total. The molecule has 21 heavy (non-hydrogen) atoms. The van der Waals surface area contributed by atoms with E-state index in [0.717, 1.165) is 16.6 Å². The van der Waals surface area contributed by atoms with Crippen molar-refractivity contribution in [1.29, 1.82) is 0 Å². The Morgan fingerprint density at radius 2 is 1.95 bits per heavy atom. The molecule has 2 nitrogen and oxygen atoms in total. The summed E-state index contributed by atoms with van der Waals surface area (Å²) in [6.07, 6.45) is 6.74. The van der Waals surface area contributed by atoms with Gasteiger partial charge < -0.3 is 5.32 Å². The zero-order chi connectivity index (χ0) is 14.7. The van der Waals surface area contributed by atoms with Crippen LogP contribution < -0.4 is 5.32 Å². The van der Waals surface area contributed by atoms with Crippen molar-refractivity contribution in [3.05, 3.63) is 34.7 Å². The van der Waals surface area contributed by atoms with Gasteiger partial charge in [0.1, 0.15) is 0 Å². The van der Waals surface area contributed by atoms with Gasteiger partial charge in [0.25, 0.3) is 0 Å². The van der Waals surface area contributed by atoms with E-state index in [9.17, 15) is 0 Å². The molecule has 1 fully saturated rings. The first kappa shape index (κ1) is 14.6. The third-order valence-electron chi connectivity index (χ3n) is 4.59. The molecule has 1 saturated carbocycles. The van der Waals surface area contributed by atoms with E-state index in [1.807, 2.05) is 0 Å². The van der Waals surface area contributed by atoms with Gasteiger partial charge in [-0.25, -0.2) is 4.98 Å². The highest BCUT2D eigenvalue weighted by Gasteiger charge is 2.23. The van der Waals surface area contributed by atoms with Crippen LogP contribution in [0.2, 0.25) is 0 Å². The van der Waals surface area contributed by atoms with Crippen LogP contribution in [0.3, 0.4) is 0 Å². The number of hydrogen-bond acceptors (Lipinski definition) is 3. The van der Waals surface area contributed by atoms with Crippen molar-refractivity contribution in [1.82, 2.24) is 4.98 Å². The Labute approximate surface area is 131 Å². The van der Waals surface area contributed by atoms with Gasteiger partial charge >= 0.3 is 0 Å². The minimum atomic E-state index is 0.649. The molecule has 1 aliphatic carbocycles. The normalized spacial score (nSPS) is 22.2. The summed E-state index contributed by atoms with van der Waals surface area (Å²) in [5.74, 6) is 0.833. The quantitative estimate of drug-likeness (QED) is 0.806. The molecule has 1 heterocycles. The fourth-order valence-corrected chi connectivity index (χ4v) is 3.96. The van der Waals surface area contributed by atoms with Crippen LogP contribution in [0.1, 0.15) is 44.0 Å². The van der Waals surface area contributed by atoms with Crippen LogP contribution in [0.5, 0.6) is 0 Å². The Morgan fingerprint density at radius 1 is 1.19 bits per heavy atom. The first-order valence-corrected chi connectivity index (χ1v) is 8.93. The van der Waals surface area contributed by atoms with Gasteiger partial charge in [-0.2, -0.15) is 0 Å². The summed E-state index contributed by atoms with van der Waals surface area (Å²) < 4.78 is 0. The average molecular weight is 300 g/mol. The zero-order valence-electron chi connectivity index (χ0n) is 12.9. The van der Waals surface area contributed by atoms with Gasteiger partial charge in [0.15, 0.2) is 0 Å². The fraction of sp³-hybridized carbons (Fsp3) is 0.500. The molecule has 0 aliphatic heterocycles. The first-order chi connectivity index (χ1) is 10.3. The van der Waals surface area contributed by atoms with E-state index in [1.165, 1.54) is 43.4 Å². The molecule has 112 valence electrons. The lowest BCUT2D eigenvalue weighted by Gasteiger charge is -2.32. The average Bonchev–Trinajstić information content (AvgIpc) is 2.95. The minimum Gasteiger partial charge on any atom is -0.382 e. The Kier molecular flexibility index (Phi) is 4.59. The van der Waals surface area contributed by atoms with Gasteiger partial charge in [-0.1, -0.05) is 38.3 Å². The molecule has 0 spiro atoms. The van der Waals surface area contributed by atoms with Crippen LogP contribution in [-0.4, -0.2) is 11.0 Å². The van der Waals surface area contributed by atoms with E-state index in [2.05, 4.69) is 53.8 Å². The van der Waals surface area contributed by atoms with E-state index < -0.39 is 0 Å². The van der Waals surface area contributed by atoms with E-state index >= 15 is 0 Å². The summed E-state index contributed by atoms with van der Waals surface area (Å²) in [6.45, 7) is 4.37. The molecule has 2 aromatic rings. The number of anilines is 1. The summed E-state index contributed by atoms with van der Waals surface area (Å²) in [5, 5.41) is 7.00. The van der Waals surface area contributed by atoms with Gasteiger partial charge in [-0.3, -0.25) is 0 Å². The topological polar surface area (TPSA) is 24.9 Å². The van der Waals surface area contributed by atoms with E-state index in [1.54, 1.807) is 11.3 Å². The van der Waals surface area contributed by atoms with Crippen molar-refractivity contribution in [3.8, 4) is 11.3 Å². The van der Waals surface area contributed by atoms with Gasteiger partial charge in [0, 0.05) is 22.7 Å². The molecule has 2 unspecified atom stereocenters. The second-order valence-corrected chi connectivity index (χ2v) is 7.09. The first-order valence-electron chi connectivity index (χ1n) is 8.05. The molecule has 0 bridgehead atoms. The van der Waals surface area contributed by atoms with Crippen molar-refractivity contribution in [2.75, 3.05) is 5.32 Å². The van der Waals surface area contributed by atoms with Crippen LogP contribution in [0.25, 0.3) is 11.3 Å². The minimum absolute atomic E-state index is 0.649. The van der Waals surface area contributed by atoms with Crippen LogP contribution in [0.15, 0.2) is 29.6 Å². The number of hydrogen-bond donors (Lipinski definition) is 1. The van der Waals surface area contributed by atoms with Crippen LogP contribution in [0, 0.1) is 12.8 Å². The van der Waals surface area contributed by atoms with Crippen molar-refractivity contribution >= 4 is 17.0 Å². The predicted octanol–water partition coefficient (Wildman–Crippen LogP) is 5.50. The number of aromatic nitrogens is 1. The van der Waals surface area contributed by atoms with Crippen LogP contribution in [-0.2, 0) is 0 Å². The van der Waals surface area contributed by atoms with Gasteiger partial charge in [-0.05, 0) is 37.8 Å². The van der Waals surface area contributed by atoms with Gasteiger partial charge in [0.2, 0.25) is 0 Å². The number of aryl methyl sites for hydroxylation is 1. The molecule has 1 aliphatic rings. The highest BCUT2D eigenvalue weighted by molar-refractivity contribution is 7.09. The van der Waals surface area contributed by atoms with Gasteiger partial charge in [0.05, 0.1) is 10.7 Å². The number of nitrogens with one attached hydrogen (secondary N) is 1. The maximum Gasteiger partial charge on any atom is 0.0901 e. The largest absolute Gasteiger partial charge is 0.382 e. The van der Waals surface area contributed by atoms with E-state index in [4.69, 9.17) is 0 Å². The van der Waals surface area contributed by atoms with Crippen molar-refractivity contribution in [3.63, 3.8) is 0 Å². The number of benzene rings is 1. The molecule has 1 aromatic carbocycles. The van der Waals surface area contributed by atoms with Crippen molar-refractivity contribution < 1.29 is 0 Å². The summed E-state index contributed by atoms with van der Waals surface area (Å²) >= 11 is 1.71. The molecule has 3 heteroatoms. The van der Waals surface area contributed by atoms with Crippen molar-refractivity contribution in [2.45, 2.75) is 52.0 Å². The third kappa shape index (κ3) is 3.46. The highest BCUT2D eigenvalue weighted by Crippen LogP contribution is 2.30. The maximum absolute atomic E-state index is 4.55. The number of nitrogens with zero attached hydrogens (tertiary/aromatic N) is 1. The second-order valence-electron chi connectivity index (χ2n) is 6.03. The molecule has 3 rings (SSSR count). The number of thiazole rings is 1. The maximum atomic E-state index is 4.55. The Balaban J connectivity index is 1.69. The van der Waals surface area contributed by atoms with Crippen LogP contribution in [0.4, 0.5) is 5.69 Å². The molecular weight excluding hydrogens is 276 g/mol. The summed E-state index contributed by atoms with van der Waals surface area (Å²) in [5.41, 5.74) is 3.55. The molecule has 0 radical (unpaired) electrons. The lowest BCUT2D eigenvalue weighted by Crippen LogP contribution is -2.31. The lowest BCUT2D eigenvalue weighted by molar-refractivity contribution is 0.317. The second kappa shape index (κ2) is 6.61. The number of rotatable bonds is 4. The van der Waals surface area contributed by atoms with Crippen molar-refractivity contribution in [2.24, 2.45) is 5.92 Å². The molecule has 0 amide bonds. The highest BCUT2D eigenvalue weighted by atomic mass is 32.1. The van der Waals surface area contributed by atoms with Crippen LogP contribution >= 0.6 is 11.3 Å². The third-order valence-corrected chi connectivity index (χ3v) is 5.36. The Bertz CT molecular complexity index is 573. The smallest absolute Gasteiger partial charge is 0.0901 e. The lowest BCUT2D eigenvalue weighted by atomic mass is 9.83. The summed E-state index contributed by atoms with van der Waals surface area (Å²) in [6, 6.07) is 9.41. The summed E-state index contributed by atoms with van der Waals surface area (Å²) in [4.78, 5) is 4.55.